The summed E-state index contributed by atoms with van der Waals surface area (Å²) in [6.07, 6.45) is 0.0406. The summed E-state index contributed by atoms with van der Waals surface area (Å²) in [5, 5.41) is 21.0. The lowest BCUT2D eigenvalue weighted by molar-refractivity contribution is 0.0524. The number of nitrogens with one attached hydrogen (secondary N) is 1. The zero-order valence-electron chi connectivity index (χ0n) is 14.5. The van der Waals surface area contributed by atoms with Crippen LogP contribution in [0.1, 0.15) is 48.7 Å². The lowest BCUT2D eigenvalue weighted by Crippen LogP contribution is -2.33. The van der Waals surface area contributed by atoms with Crippen LogP contribution in [0.3, 0.4) is 0 Å². The van der Waals surface area contributed by atoms with E-state index in [1.807, 2.05) is 0 Å². The summed E-state index contributed by atoms with van der Waals surface area (Å²) in [5.41, 5.74) is 0.723. The molecule has 0 bridgehead atoms. The van der Waals surface area contributed by atoms with Gasteiger partial charge in [-0.05, 0) is 57.4 Å². The van der Waals surface area contributed by atoms with E-state index >= 15 is 0 Å². The third kappa shape index (κ3) is 6.45. The van der Waals surface area contributed by atoms with Gasteiger partial charge in [0.1, 0.15) is 11.4 Å². The second-order valence-electron chi connectivity index (χ2n) is 6.35. The molecule has 24 heavy (non-hydrogen) atoms. The van der Waals surface area contributed by atoms with Gasteiger partial charge in [-0.25, -0.2) is 9.59 Å². The number of aliphatic hydroxyl groups is 1. The molecule has 0 aliphatic rings. The summed E-state index contributed by atoms with van der Waals surface area (Å²) >= 11 is 0. The predicted octanol–water partition coefficient (Wildman–Crippen LogP) is 2.48. The number of carboxylic acids is 1. The van der Waals surface area contributed by atoms with Crippen molar-refractivity contribution in [3.63, 3.8) is 0 Å². The maximum absolute atomic E-state index is 11.5. The SMILES string of the molecule is Cc1c(CO)cc(C(=O)O)cc1OCCCNC(=O)OC(C)(C)C. The minimum Gasteiger partial charge on any atom is -0.493 e. The minimum absolute atomic E-state index is 0.0616. The standard InChI is InChI=1S/C17H25NO6/c1-11-13(10-19)8-12(15(20)21)9-14(11)23-7-5-6-18-16(22)24-17(2,3)4/h8-9,19H,5-7,10H2,1-4H3,(H,18,22)(H,20,21). The molecule has 0 saturated heterocycles. The van der Waals surface area contributed by atoms with E-state index in [0.717, 1.165) is 0 Å². The van der Waals surface area contributed by atoms with Gasteiger partial charge in [-0.3, -0.25) is 0 Å². The Labute approximate surface area is 141 Å². The van der Waals surface area contributed by atoms with Crippen molar-refractivity contribution in [2.75, 3.05) is 13.2 Å². The van der Waals surface area contributed by atoms with Crippen LogP contribution in [-0.4, -0.2) is 41.0 Å². The fraction of sp³-hybridized carbons (Fsp3) is 0.529. The van der Waals surface area contributed by atoms with Gasteiger partial charge in [0.05, 0.1) is 18.8 Å². The molecule has 3 N–H and O–H groups in total. The van der Waals surface area contributed by atoms with Gasteiger partial charge in [0.25, 0.3) is 0 Å². The molecule has 0 spiro atoms. The van der Waals surface area contributed by atoms with Crippen LogP contribution in [0.15, 0.2) is 12.1 Å². The second-order valence-corrected chi connectivity index (χ2v) is 6.35. The Morgan fingerprint density at radius 1 is 1.25 bits per heavy atom. The number of carbonyl (C=O) groups is 2. The average Bonchev–Trinajstić information content (AvgIpc) is 2.46. The summed E-state index contributed by atoms with van der Waals surface area (Å²) < 4.78 is 10.7. The highest BCUT2D eigenvalue weighted by Crippen LogP contribution is 2.24. The summed E-state index contributed by atoms with van der Waals surface area (Å²) in [4.78, 5) is 22.6. The Morgan fingerprint density at radius 2 is 1.92 bits per heavy atom. The van der Waals surface area contributed by atoms with Crippen molar-refractivity contribution < 1.29 is 29.3 Å². The van der Waals surface area contributed by atoms with E-state index in [2.05, 4.69) is 5.32 Å². The van der Waals surface area contributed by atoms with Gasteiger partial charge >= 0.3 is 12.1 Å². The highest BCUT2D eigenvalue weighted by atomic mass is 16.6. The molecule has 7 heteroatoms. The van der Waals surface area contributed by atoms with Crippen molar-refractivity contribution in [2.45, 2.75) is 46.3 Å². The smallest absolute Gasteiger partial charge is 0.407 e. The number of rotatable bonds is 7. The molecule has 0 aliphatic carbocycles. The first-order valence-corrected chi connectivity index (χ1v) is 7.71. The molecule has 0 aromatic heterocycles. The Bertz CT molecular complexity index is 591. The van der Waals surface area contributed by atoms with E-state index in [9.17, 15) is 14.7 Å². The van der Waals surface area contributed by atoms with Crippen LogP contribution in [0.4, 0.5) is 4.79 Å². The van der Waals surface area contributed by atoms with Gasteiger partial charge in [0.2, 0.25) is 0 Å². The van der Waals surface area contributed by atoms with Crippen molar-refractivity contribution >= 4 is 12.1 Å². The molecule has 1 amide bonds. The van der Waals surface area contributed by atoms with Gasteiger partial charge < -0.3 is 25.0 Å². The number of carboxylic acid groups (broad SMARTS) is 1. The first-order valence-electron chi connectivity index (χ1n) is 7.71. The van der Waals surface area contributed by atoms with Crippen molar-refractivity contribution in [1.82, 2.24) is 5.32 Å². The molecule has 1 aromatic rings. The van der Waals surface area contributed by atoms with E-state index in [4.69, 9.17) is 14.6 Å². The first kappa shape index (κ1) is 19.8. The highest BCUT2D eigenvalue weighted by Gasteiger charge is 2.15. The Morgan fingerprint density at radius 3 is 2.46 bits per heavy atom. The van der Waals surface area contributed by atoms with Gasteiger partial charge in [-0.15, -0.1) is 0 Å². The van der Waals surface area contributed by atoms with E-state index < -0.39 is 17.7 Å². The van der Waals surface area contributed by atoms with Crippen molar-refractivity contribution in [2.24, 2.45) is 0 Å². The number of alkyl carbamates (subject to hydrolysis) is 1. The van der Waals surface area contributed by atoms with Gasteiger partial charge in [0.15, 0.2) is 0 Å². The normalized spacial score (nSPS) is 11.0. The number of hydrogen-bond acceptors (Lipinski definition) is 5. The average molecular weight is 339 g/mol. The quantitative estimate of drug-likeness (QED) is 0.659. The number of aromatic carboxylic acids is 1. The summed E-state index contributed by atoms with van der Waals surface area (Å²) in [6.45, 7) is 7.52. The van der Waals surface area contributed by atoms with E-state index in [-0.39, 0.29) is 12.2 Å². The third-order valence-corrected chi connectivity index (χ3v) is 3.13. The van der Waals surface area contributed by atoms with Crippen molar-refractivity contribution in [3.05, 3.63) is 28.8 Å². The number of benzene rings is 1. The molecule has 134 valence electrons. The van der Waals surface area contributed by atoms with Gasteiger partial charge in [-0.2, -0.15) is 0 Å². The largest absolute Gasteiger partial charge is 0.493 e. The molecular formula is C17H25NO6. The zero-order valence-corrected chi connectivity index (χ0v) is 14.5. The number of amides is 1. The maximum Gasteiger partial charge on any atom is 0.407 e. The van der Waals surface area contributed by atoms with Crippen LogP contribution in [0.5, 0.6) is 5.75 Å². The molecular weight excluding hydrogens is 314 g/mol. The van der Waals surface area contributed by atoms with Crippen LogP contribution in [0.25, 0.3) is 0 Å². The van der Waals surface area contributed by atoms with E-state index in [1.54, 1.807) is 27.7 Å². The van der Waals surface area contributed by atoms with E-state index in [1.165, 1.54) is 12.1 Å². The number of carbonyl (C=O) groups excluding carboxylic acids is 1. The number of hydrogen-bond donors (Lipinski definition) is 3. The van der Waals surface area contributed by atoms with Crippen LogP contribution in [-0.2, 0) is 11.3 Å². The molecule has 0 radical (unpaired) electrons. The molecule has 1 aromatic carbocycles. The van der Waals surface area contributed by atoms with Crippen LogP contribution >= 0.6 is 0 Å². The fourth-order valence-corrected chi connectivity index (χ4v) is 1.94. The molecule has 0 heterocycles. The summed E-state index contributed by atoms with van der Waals surface area (Å²) in [5.74, 6) is -0.669. The third-order valence-electron chi connectivity index (χ3n) is 3.13. The maximum atomic E-state index is 11.5. The molecule has 0 saturated carbocycles. The summed E-state index contributed by atoms with van der Waals surface area (Å²) in [7, 11) is 0. The topological polar surface area (TPSA) is 105 Å². The molecule has 0 aliphatic heterocycles. The Balaban J connectivity index is 2.52. The molecule has 0 fully saturated rings. The number of aliphatic hydroxyl groups excluding tert-OH is 1. The molecule has 7 nitrogen and oxygen atoms in total. The minimum atomic E-state index is -1.08. The van der Waals surface area contributed by atoms with Gasteiger partial charge in [0, 0.05) is 6.54 Å². The predicted molar refractivity (Wildman–Crippen MR) is 88.4 cm³/mol. The Hall–Kier alpha value is -2.28. The first-order chi connectivity index (χ1) is 11.1. The number of ether oxygens (including phenoxy) is 2. The molecule has 0 unspecified atom stereocenters. The fourth-order valence-electron chi connectivity index (χ4n) is 1.94. The lowest BCUT2D eigenvalue weighted by Gasteiger charge is -2.19. The van der Waals surface area contributed by atoms with Crippen LogP contribution < -0.4 is 10.1 Å². The van der Waals surface area contributed by atoms with Crippen molar-refractivity contribution in [3.8, 4) is 5.75 Å². The summed E-state index contributed by atoms with van der Waals surface area (Å²) in [6, 6.07) is 2.85. The van der Waals surface area contributed by atoms with Crippen LogP contribution in [0.2, 0.25) is 0 Å². The van der Waals surface area contributed by atoms with Gasteiger partial charge in [-0.1, -0.05) is 0 Å². The monoisotopic (exact) mass is 339 g/mol. The Kier molecular flexibility index (Phi) is 7.03. The zero-order chi connectivity index (χ0) is 18.3. The molecule has 1 rings (SSSR count). The second kappa shape index (κ2) is 8.54. The highest BCUT2D eigenvalue weighted by molar-refractivity contribution is 5.88. The van der Waals surface area contributed by atoms with Crippen LogP contribution in [0, 0.1) is 6.92 Å². The van der Waals surface area contributed by atoms with Crippen molar-refractivity contribution in [1.29, 1.82) is 0 Å². The van der Waals surface area contributed by atoms with E-state index in [0.29, 0.717) is 36.4 Å². The lowest BCUT2D eigenvalue weighted by atomic mass is 10.0. The molecule has 0 atom stereocenters.